The topological polar surface area (TPSA) is 19.4 Å². The van der Waals surface area contributed by atoms with Crippen molar-refractivity contribution in [1.29, 1.82) is 0 Å². The van der Waals surface area contributed by atoms with Crippen LogP contribution in [0.1, 0.15) is 103 Å². The minimum atomic E-state index is -0.0136. The third-order valence-electron chi connectivity index (χ3n) is 12.0. The van der Waals surface area contributed by atoms with Crippen molar-refractivity contribution in [2.24, 2.45) is 0 Å². The highest BCUT2D eigenvalue weighted by Crippen LogP contribution is 2.55. The average Bonchev–Trinajstić information content (AvgIpc) is 3.49. The van der Waals surface area contributed by atoms with Crippen LogP contribution in [0.15, 0.2) is 115 Å². The second-order valence-corrected chi connectivity index (χ2v) is 15.1. The van der Waals surface area contributed by atoms with Crippen LogP contribution < -0.4 is 0 Å². The zero-order valence-corrected chi connectivity index (χ0v) is 33.1. The van der Waals surface area contributed by atoms with Crippen LogP contribution in [0.2, 0.25) is 0 Å². The predicted molar refractivity (Wildman–Crippen MR) is 229 cm³/mol. The molecule has 0 N–H and O–H groups in total. The molecule has 0 saturated heterocycles. The van der Waals surface area contributed by atoms with E-state index in [1.165, 1.54) is 111 Å². The van der Waals surface area contributed by atoms with Crippen molar-refractivity contribution in [1.82, 2.24) is 14.8 Å². The van der Waals surface area contributed by atoms with Crippen LogP contribution in [0.4, 0.5) is 0 Å². The third-order valence-corrected chi connectivity index (χ3v) is 12.0. The van der Waals surface area contributed by atoms with Gasteiger partial charge >= 0.3 is 0 Å². The van der Waals surface area contributed by atoms with E-state index in [1.54, 1.807) is 5.56 Å². The van der Waals surface area contributed by atoms with Crippen LogP contribution in [-0.4, -0.2) is 54.1 Å². The molecule has 0 atom stereocenters. The van der Waals surface area contributed by atoms with Gasteiger partial charge in [0.2, 0.25) is 0 Å². The van der Waals surface area contributed by atoms with Crippen molar-refractivity contribution in [3.05, 3.63) is 126 Å². The first-order valence-electron chi connectivity index (χ1n) is 20.9. The van der Waals surface area contributed by atoms with Crippen LogP contribution in [0, 0.1) is 0 Å². The summed E-state index contributed by atoms with van der Waals surface area (Å²) in [5.41, 5.74) is 13.0. The fourth-order valence-corrected chi connectivity index (χ4v) is 8.80. The first-order valence-corrected chi connectivity index (χ1v) is 20.9. The van der Waals surface area contributed by atoms with E-state index in [9.17, 15) is 0 Å². The summed E-state index contributed by atoms with van der Waals surface area (Å²) >= 11 is 0. The Hall–Kier alpha value is -4.05. The van der Waals surface area contributed by atoms with E-state index in [1.807, 2.05) is 0 Å². The van der Waals surface area contributed by atoms with Gasteiger partial charge in [0.05, 0.1) is 11.4 Å². The van der Waals surface area contributed by atoms with Crippen molar-refractivity contribution in [2.75, 3.05) is 39.3 Å². The van der Waals surface area contributed by atoms with Crippen molar-refractivity contribution in [3.63, 3.8) is 0 Å². The lowest BCUT2D eigenvalue weighted by atomic mass is 9.70. The Labute approximate surface area is 321 Å². The number of hydrogen-bond acceptors (Lipinski definition) is 3. The molecule has 0 fully saturated rings. The third kappa shape index (κ3) is 9.37. The summed E-state index contributed by atoms with van der Waals surface area (Å²) in [5, 5.41) is 0. The molecule has 3 nitrogen and oxygen atoms in total. The van der Waals surface area contributed by atoms with E-state index >= 15 is 0 Å². The van der Waals surface area contributed by atoms with E-state index < -0.39 is 0 Å². The Balaban J connectivity index is 1.35. The van der Waals surface area contributed by atoms with Gasteiger partial charge in [0.1, 0.15) is 0 Å². The van der Waals surface area contributed by atoms with Crippen LogP contribution in [-0.2, 0) is 5.41 Å². The van der Waals surface area contributed by atoms with E-state index in [-0.39, 0.29) is 5.41 Å². The van der Waals surface area contributed by atoms with Gasteiger partial charge in [0, 0.05) is 16.5 Å². The van der Waals surface area contributed by atoms with Crippen molar-refractivity contribution in [2.45, 2.75) is 97.3 Å². The fourth-order valence-electron chi connectivity index (χ4n) is 8.80. The lowest BCUT2D eigenvalue weighted by molar-refractivity contribution is 0.292. The molecule has 1 heterocycles. The molecule has 0 unspecified atom stereocenters. The maximum atomic E-state index is 5.23. The maximum Gasteiger partial charge on any atom is 0.0709 e. The second-order valence-electron chi connectivity index (χ2n) is 15.1. The molecule has 278 valence electrons. The summed E-state index contributed by atoms with van der Waals surface area (Å²) in [6.07, 6.45) is 12.7. The molecule has 1 aromatic heterocycles. The molecule has 0 bridgehead atoms. The molecule has 1 aliphatic rings. The van der Waals surface area contributed by atoms with Gasteiger partial charge in [-0.25, -0.2) is 4.98 Å². The fraction of sp³-hybridized carbons (Fsp3) is 0.420. The van der Waals surface area contributed by atoms with Crippen molar-refractivity contribution >= 4 is 0 Å². The molecule has 4 aromatic carbocycles. The molecule has 6 rings (SSSR count). The van der Waals surface area contributed by atoms with E-state index in [0.29, 0.717) is 0 Å². The van der Waals surface area contributed by atoms with Gasteiger partial charge in [-0.2, -0.15) is 0 Å². The minimum absolute atomic E-state index is 0.0136. The summed E-state index contributed by atoms with van der Waals surface area (Å²) in [6, 6.07) is 42.7. The number of nitrogens with zero attached hydrogens (tertiary/aromatic N) is 3. The van der Waals surface area contributed by atoms with Crippen LogP contribution in [0.3, 0.4) is 0 Å². The Morgan fingerprint density at radius 1 is 0.415 bits per heavy atom. The highest BCUT2D eigenvalue weighted by molar-refractivity contribution is 5.86. The lowest BCUT2D eigenvalue weighted by Crippen LogP contribution is -2.26. The van der Waals surface area contributed by atoms with Gasteiger partial charge in [0.15, 0.2) is 0 Å². The molecule has 0 amide bonds. The highest BCUT2D eigenvalue weighted by Gasteiger charge is 2.42. The molecule has 0 aliphatic heterocycles. The summed E-state index contributed by atoms with van der Waals surface area (Å²) < 4.78 is 0. The Bertz CT molecular complexity index is 1810. The van der Waals surface area contributed by atoms with Gasteiger partial charge in [-0.05, 0) is 123 Å². The van der Waals surface area contributed by atoms with Gasteiger partial charge in [-0.3, -0.25) is 0 Å². The van der Waals surface area contributed by atoms with Gasteiger partial charge in [-0.1, -0.05) is 157 Å². The molecule has 0 radical (unpaired) electrons. The van der Waals surface area contributed by atoms with Crippen LogP contribution >= 0.6 is 0 Å². The summed E-state index contributed by atoms with van der Waals surface area (Å²) in [4.78, 5) is 10.4. The van der Waals surface area contributed by atoms with Crippen molar-refractivity contribution < 1.29 is 0 Å². The molecular weight excluding hydrogens is 643 g/mol. The lowest BCUT2D eigenvalue weighted by Gasteiger charge is -2.33. The number of rotatable bonds is 21. The molecule has 5 aromatic rings. The Kier molecular flexibility index (Phi) is 14.1. The van der Waals surface area contributed by atoms with Crippen molar-refractivity contribution in [3.8, 4) is 44.8 Å². The number of benzene rings is 4. The standard InChI is InChI=1S/C50H63N3/c1-5-52(6-2)36-21-11-9-19-34-50(35-20-10-12-22-37-53(7-3)8-4)46-38-42(40-24-15-13-16-25-40)30-32-44(46)45-33-31-43(39-47(45)50)49-29-23-28-48(51-49)41-26-17-14-18-27-41/h13-18,23-33,38-39H,5-12,19-22,34-37H2,1-4H3. The Morgan fingerprint density at radius 2 is 0.868 bits per heavy atom. The van der Waals surface area contributed by atoms with Gasteiger partial charge < -0.3 is 9.80 Å². The quantitative estimate of drug-likeness (QED) is 0.0709. The van der Waals surface area contributed by atoms with E-state index in [0.717, 1.165) is 43.1 Å². The normalized spacial score (nSPS) is 13.1. The summed E-state index contributed by atoms with van der Waals surface area (Å²) in [7, 11) is 0. The molecular formula is C50H63N3. The number of fused-ring (bicyclic) bond motifs is 3. The van der Waals surface area contributed by atoms with Gasteiger partial charge in [-0.15, -0.1) is 0 Å². The monoisotopic (exact) mass is 706 g/mol. The highest BCUT2D eigenvalue weighted by atomic mass is 15.1. The van der Waals surface area contributed by atoms with E-state index in [4.69, 9.17) is 4.98 Å². The predicted octanol–water partition coefficient (Wildman–Crippen LogP) is 12.9. The van der Waals surface area contributed by atoms with E-state index in [2.05, 4.69) is 153 Å². The largest absolute Gasteiger partial charge is 0.304 e. The number of unbranched alkanes of at least 4 members (excludes halogenated alkanes) is 6. The molecule has 0 saturated carbocycles. The smallest absolute Gasteiger partial charge is 0.0709 e. The Morgan fingerprint density at radius 3 is 1.40 bits per heavy atom. The summed E-state index contributed by atoms with van der Waals surface area (Å²) in [5.74, 6) is 0. The van der Waals surface area contributed by atoms with Crippen LogP contribution in [0.25, 0.3) is 44.8 Å². The number of aromatic nitrogens is 1. The molecule has 53 heavy (non-hydrogen) atoms. The first-order chi connectivity index (χ1) is 26.1. The number of hydrogen-bond donors (Lipinski definition) is 0. The zero-order chi connectivity index (χ0) is 36.9. The molecule has 3 heteroatoms. The second kappa shape index (κ2) is 19.3. The first kappa shape index (κ1) is 38.7. The van der Waals surface area contributed by atoms with Gasteiger partial charge in [0.25, 0.3) is 0 Å². The zero-order valence-electron chi connectivity index (χ0n) is 33.1. The SMILES string of the molecule is CCN(CC)CCCCCCC1(CCCCCCN(CC)CC)c2cc(-c3ccccc3)ccc2-c2ccc(-c3cccc(-c4ccccc4)n3)cc21. The molecule has 0 spiro atoms. The minimum Gasteiger partial charge on any atom is -0.304 e. The molecule has 1 aliphatic carbocycles. The maximum absolute atomic E-state index is 5.23. The number of pyridine rings is 1. The summed E-state index contributed by atoms with van der Waals surface area (Å²) in [6.45, 7) is 16.2. The average molecular weight is 706 g/mol. The van der Waals surface area contributed by atoms with Crippen LogP contribution in [0.5, 0.6) is 0 Å².